The summed E-state index contributed by atoms with van der Waals surface area (Å²) in [4.78, 5) is 14.2. The summed E-state index contributed by atoms with van der Waals surface area (Å²) in [5.74, 6) is 0.0201. The second kappa shape index (κ2) is 6.71. The lowest BCUT2D eigenvalue weighted by Crippen LogP contribution is -2.31. The van der Waals surface area contributed by atoms with Gasteiger partial charge in [0, 0.05) is 18.7 Å². The molecule has 0 aliphatic heterocycles. The molecule has 0 fully saturated rings. The molecule has 3 heteroatoms. The molecule has 3 nitrogen and oxygen atoms in total. The summed E-state index contributed by atoms with van der Waals surface area (Å²) in [5.41, 5.74) is 4.65. The van der Waals surface area contributed by atoms with E-state index < -0.39 is 0 Å². The van der Waals surface area contributed by atoms with Crippen molar-refractivity contribution in [1.29, 1.82) is 0 Å². The van der Waals surface area contributed by atoms with Gasteiger partial charge < -0.3 is 10.2 Å². The fraction of sp³-hybridized carbons (Fsp3) is 0.471. The third kappa shape index (κ3) is 3.70. The zero-order valence-electron chi connectivity index (χ0n) is 12.7. The van der Waals surface area contributed by atoms with Gasteiger partial charge in [-0.1, -0.05) is 12.1 Å². The van der Waals surface area contributed by atoms with Crippen molar-refractivity contribution in [2.45, 2.75) is 26.2 Å². The minimum absolute atomic E-state index is 0.0201. The van der Waals surface area contributed by atoms with Crippen LogP contribution in [0.4, 0.5) is 0 Å². The van der Waals surface area contributed by atoms with Gasteiger partial charge in [-0.2, -0.15) is 0 Å². The molecule has 1 aromatic carbocycles. The Hall–Kier alpha value is -1.61. The molecule has 0 bridgehead atoms. The fourth-order valence-corrected chi connectivity index (χ4v) is 2.52. The van der Waals surface area contributed by atoms with Crippen LogP contribution in [-0.2, 0) is 0 Å². The van der Waals surface area contributed by atoms with Crippen LogP contribution in [0.1, 0.15) is 40.7 Å². The Kier molecular flexibility index (Phi) is 4.96. The topological polar surface area (TPSA) is 32.3 Å². The predicted molar refractivity (Wildman–Crippen MR) is 83.9 cm³/mol. The number of nitrogens with zero attached hydrogens (tertiary/aromatic N) is 1. The Morgan fingerprint density at radius 3 is 2.80 bits per heavy atom. The van der Waals surface area contributed by atoms with E-state index in [2.05, 4.69) is 29.3 Å². The Bertz CT molecular complexity index is 518. The van der Waals surface area contributed by atoms with E-state index in [9.17, 15) is 4.79 Å². The number of amides is 1. The lowest BCUT2D eigenvalue weighted by atomic mass is 9.97. The van der Waals surface area contributed by atoms with E-state index in [4.69, 9.17) is 0 Å². The molecule has 0 unspecified atom stereocenters. The van der Waals surface area contributed by atoms with E-state index in [1.807, 2.05) is 26.2 Å². The van der Waals surface area contributed by atoms with Crippen molar-refractivity contribution >= 4 is 11.5 Å². The number of rotatable bonds is 5. The maximum absolute atomic E-state index is 12.2. The van der Waals surface area contributed by atoms with Crippen molar-refractivity contribution < 1.29 is 4.79 Å². The maximum atomic E-state index is 12.2. The monoisotopic (exact) mass is 272 g/mol. The molecule has 0 radical (unpaired) electrons. The quantitative estimate of drug-likeness (QED) is 0.894. The highest BCUT2D eigenvalue weighted by molar-refractivity contribution is 5.95. The van der Waals surface area contributed by atoms with Crippen LogP contribution in [0.25, 0.3) is 5.57 Å². The Morgan fingerprint density at radius 1 is 1.35 bits per heavy atom. The third-order valence-corrected chi connectivity index (χ3v) is 3.73. The van der Waals surface area contributed by atoms with Gasteiger partial charge in [-0.15, -0.1) is 0 Å². The van der Waals surface area contributed by atoms with Gasteiger partial charge >= 0.3 is 0 Å². The van der Waals surface area contributed by atoms with Gasteiger partial charge in [-0.05, 0) is 69.1 Å². The van der Waals surface area contributed by atoms with Crippen molar-refractivity contribution in [2.24, 2.45) is 0 Å². The molecule has 1 amide bonds. The standard InChI is InChI=1S/C17H24N2O/c1-13-8-9-15(17(20)18-10-11-19(2)3)12-16(13)14-6-4-5-7-14/h6,8-9,12H,4-5,7,10-11H2,1-3H3,(H,18,20). The van der Waals surface area contributed by atoms with Crippen LogP contribution in [0, 0.1) is 6.92 Å². The average Bonchev–Trinajstić information content (AvgIpc) is 2.92. The van der Waals surface area contributed by atoms with Crippen LogP contribution in [0.2, 0.25) is 0 Å². The molecule has 0 spiro atoms. The van der Waals surface area contributed by atoms with Crippen molar-refractivity contribution in [3.8, 4) is 0 Å². The first-order valence-electron chi connectivity index (χ1n) is 7.31. The third-order valence-electron chi connectivity index (χ3n) is 3.73. The number of carbonyl (C=O) groups is 1. The van der Waals surface area contributed by atoms with Crippen molar-refractivity contribution in [1.82, 2.24) is 10.2 Å². The molecular weight excluding hydrogens is 248 g/mol. The minimum Gasteiger partial charge on any atom is -0.351 e. The zero-order valence-corrected chi connectivity index (χ0v) is 12.7. The molecule has 0 saturated carbocycles. The van der Waals surface area contributed by atoms with Crippen LogP contribution in [0.15, 0.2) is 24.3 Å². The van der Waals surface area contributed by atoms with Crippen LogP contribution in [0.5, 0.6) is 0 Å². The van der Waals surface area contributed by atoms with Gasteiger partial charge in [-0.3, -0.25) is 4.79 Å². The summed E-state index contributed by atoms with van der Waals surface area (Å²) in [7, 11) is 4.01. The zero-order chi connectivity index (χ0) is 14.5. The summed E-state index contributed by atoms with van der Waals surface area (Å²) in [5, 5.41) is 2.97. The molecule has 1 aliphatic rings. The number of nitrogens with one attached hydrogen (secondary N) is 1. The fourth-order valence-electron chi connectivity index (χ4n) is 2.52. The van der Waals surface area contributed by atoms with Crippen LogP contribution in [0.3, 0.4) is 0 Å². The van der Waals surface area contributed by atoms with Gasteiger partial charge in [0.2, 0.25) is 0 Å². The molecule has 0 saturated heterocycles. The van der Waals surface area contributed by atoms with E-state index >= 15 is 0 Å². The van der Waals surface area contributed by atoms with Crippen molar-refractivity contribution in [3.63, 3.8) is 0 Å². The Balaban J connectivity index is 2.08. The summed E-state index contributed by atoms with van der Waals surface area (Å²) >= 11 is 0. The van der Waals surface area contributed by atoms with E-state index in [0.717, 1.165) is 24.9 Å². The van der Waals surface area contributed by atoms with E-state index in [-0.39, 0.29) is 5.91 Å². The first-order valence-corrected chi connectivity index (χ1v) is 7.31. The maximum Gasteiger partial charge on any atom is 0.251 e. The minimum atomic E-state index is 0.0201. The van der Waals surface area contributed by atoms with Gasteiger partial charge in [-0.25, -0.2) is 0 Å². The molecule has 108 valence electrons. The van der Waals surface area contributed by atoms with E-state index in [1.165, 1.54) is 23.1 Å². The summed E-state index contributed by atoms with van der Waals surface area (Å²) in [6.45, 7) is 3.65. The molecule has 0 atom stereocenters. The van der Waals surface area contributed by atoms with Crippen LogP contribution in [-0.4, -0.2) is 38.0 Å². The smallest absolute Gasteiger partial charge is 0.251 e. The molecule has 1 aliphatic carbocycles. The van der Waals surface area contributed by atoms with Crippen molar-refractivity contribution in [2.75, 3.05) is 27.2 Å². The highest BCUT2D eigenvalue weighted by Gasteiger charge is 2.13. The number of benzene rings is 1. The first kappa shape index (κ1) is 14.8. The number of allylic oxidation sites excluding steroid dienone is 2. The van der Waals surface area contributed by atoms with E-state index in [1.54, 1.807) is 0 Å². The van der Waals surface area contributed by atoms with Crippen molar-refractivity contribution in [3.05, 3.63) is 41.0 Å². The summed E-state index contributed by atoms with van der Waals surface area (Å²) in [6.07, 6.45) is 5.82. The molecular formula is C17H24N2O. The molecule has 2 rings (SSSR count). The second-order valence-electron chi connectivity index (χ2n) is 5.71. The second-order valence-corrected chi connectivity index (χ2v) is 5.71. The molecule has 1 aromatic rings. The molecule has 20 heavy (non-hydrogen) atoms. The average molecular weight is 272 g/mol. The molecule has 0 aromatic heterocycles. The van der Waals surface area contributed by atoms with Gasteiger partial charge in [0.1, 0.15) is 0 Å². The van der Waals surface area contributed by atoms with Gasteiger partial charge in [0.15, 0.2) is 0 Å². The lowest BCUT2D eigenvalue weighted by Gasteiger charge is -2.12. The van der Waals surface area contributed by atoms with Crippen LogP contribution < -0.4 is 5.32 Å². The van der Waals surface area contributed by atoms with Crippen LogP contribution >= 0.6 is 0 Å². The van der Waals surface area contributed by atoms with Gasteiger partial charge in [0.25, 0.3) is 5.91 Å². The number of likely N-dealkylation sites (N-methyl/N-ethyl adjacent to an activating group) is 1. The normalized spacial score (nSPS) is 14.5. The van der Waals surface area contributed by atoms with E-state index in [0.29, 0.717) is 6.54 Å². The highest BCUT2D eigenvalue weighted by Crippen LogP contribution is 2.30. The largest absolute Gasteiger partial charge is 0.351 e. The molecule has 1 N–H and O–H groups in total. The Morgan fingerprint density at radius 2 is 2.15 bits per heavy atom. The number of carbonyl (C=O) groups excluding carboxylic acids is 1. The number of hydrogen-bond donors (Lipinski definition) is 1. The Labute approximate surface area is 121 Å². The number of aryl methyl sites for hydroxylation is 1. The highest BCUT2D eigenvalue weighted by atomic mass is 16.1. The number of hydrogen-bond acceptors (Lipinski definition) is 2. The predicted octanol–water partition coefficient (Wildman–Crippen LogP) is 2.85. The SMILES string of the molecule is Cc1ccc(C(=O)NCCN(C)C)cc1C1=CCCC1. The lowest BCUT2D eigenvalue weighted by molar-refractivity contribution is 0.0951. The summed E-state index contributed by atoms with van der Waals surface area (Å²) < 4.78 is 0. The summed E-state index contributed by atoms with van der Waals surface area (Å²) in [6, 6.07) is 6.01. The molecule has 0 heterocycles. The first-order chi connectivity index (χ1) is 9.58. The van der Waals surface area contributed by atoms with Gasteiger partial charge in [0.05, 0.1) is 0 Å².